The van der Waals surface area contributed by atoms with Gasteiger partial charge in [0.2, 0.25) is 0 Å². The molecule has 1 N–H and O–H groups in total. The van der Waals surface area contributed by atoms with Crippen LogP contribution in [0.2, 0.25) is 5.15 Å². The summed E-state index contributed by atoms with van der Waals surface area (Å²) in [5.41, 5.74) is 3.41. The number of halogens is 1. The minimum absolute atomic E-state index is 0.343. The molecule has 0 bridgehead atoms. The van der Waals surface area contributed by atoms with Crippen LogP contribution in [0.5, 0.6) is 0 Å². The molecule has 0 saturated heterocycles. The average Bonchev–Trinajstić information content (AvgIpc) is 2.47. The SMILES string of the molecule is Cc1nn(C)c(Cl)c1/C=C/C(=O)NOC(C)(C)C. The zero-order chi connectivity index (χ0) is 13.9. The first kappa shape index (κ1) is 14.7. The van der Waals surface area contributed by atoms with Gasteiger partial charge in [-0.05, 0) is 33.8 Å². The lowest BCUT2D eigenvalue weighted by Gasteiger charge is -2.17. The number of aromatic nitrogens is 2. The molecule has 0 aliphatic rings. The highest BCUT2D eigenvalue weighted by Gasteiger charge is 2.12. The Balaban J connectivity index is 2.67. The summed E-state index contributed by atoms with van der Waals surface area (Å²) in [6.45, 7) is 7.37. The first-order valence-corrected chi connectivity index (χ1v) is 5.93. The molecule has 0 unspecified atom stereocenters. The first-order chi connectivity index (χ1) is 8.20. The van der Waals surface area contributed by atoms with Gasteiger partial charge in [0, 0.05) is 18.7 Å². The summed E-state index contributed by atoms with van der Waals surface area (Å²) in [6.07, 6.45) is 2.98. The van der Waals surface area contributed by atoms with Crippen LogP contribution >= 0.6 is 11.6 Å². The van der Waals surface area contributed by atoms with Gasteiger partial charge in [-0.2, -0.15) is 5.10 Å². The number of nitrogens with zero attached hydrogens (tertiary/aromatic N) is 2. The van der Waals surface area contributed by atoms with Crippen molar-refractivity contribution in [3.63, 3.8) is 0 Å². The highest BCUT2D eigenvalue weighted by molar-refractivity contribution is 6.31. The van der Waals surface area contributed by atoms with E-state index in [1.165, 1.54) is 6.08 Å². The lowest BCUT2D eigenvalue weighted by molar-refractivity contribution is -0.140. The van der Waals surface area contributed by atoms with Crippen molar-refractivity contribution < 1.29 is 9.63 Å². The summed E-state index contributed by atoms with van der Waals surface area (Å²) in [7, 11) is 1.75. The van der Waals surface area contributed by atoms with Gasteiger partial charge >= 0.3 is 0 Å². The number of carbonyl (C=O) groups is 1. The summed E-state index contributed by atoms with van der Waals surface area (Å²) in [6, 6.07) is 0. The van der Waals surface area contributed by atoms with E-state index in [0.29, 0.717) is 5.15 Å². The monoisotopic (exact) mass is 271 g/mol. The lowest BCUT2D eigenvalue weighted by atomic mass is 10.2. The van der Waals surface area contributed by atoms with Crippen LogP contribution in [0.3, 0.4) is 0 Å². The maximum absolute atomic E-state index is 11.5. The van der Waals surface area contributed by atoms with Gasteiger partial charge in [-0.15, -0.1) is 0 Å². The third kappa shape index (κ3) is 4.16. The topological polar surface area (TPSA) is 56.2 Å². The number of rotatable bonds is 3. The summed E-state index contributed by atoms with van der Waals surface area (Å²) in [5, 5.41) is 4.64. The Bertz CT molecular complexity index is 472. The van der Waals surface area contributed by atoms with Gasteiger partial charge in [0.1, 0.15) is 5.15 Å². The van der Waals surface area contributed by atoms with E-state index in [-0.39, 0.29) is 5.91 Å². The maximum Gasteiger partial charge on any atom is 0.267 e. The van der Waals surface area contributed by atoms with Crippen LogP contribution in [0.4, 0.5) is 0 Å². The Morgan fingerprint density at radius 3 is 2.56 bits per heavy atom. The highest BCUT2D eigenvalue weighted by Crippen LogP contribution is 2.19. The van der Waals surface area contributed by atoms with E-state index in [4.69, 9.17) is 16.4 Å². The van der Waals surface area contributed by atoms with Crippen molar-refractivity contribution in [3.05, 3.63) is 22.5 Å². The van der Waals surface area contributed by atoms with Crippen LogP contribution in [0.15, 0.2) is 6.08 Å². The van der Waals surface area contributed by atoms with E-state index in [9.17, 15) is 4.79 Å². The van der Waals surface area contributed by atoms with Crippen LogP contribution in [0, 0.1) is 6.92 Å². The van der Waals surface area contributed by atoms with Gasteiger partial charge in [-0.1, -0.05) is 11.6 Å². The molecule has 6 heteroatoms. The number of hydrogen-bond acceptors (Lipinski definition) is 3. The van der Waals surface area contributed by atoms with Crippen molar-refractivity contribution in [1.29, 1.82) is 0 Å². The molecule has 0 radical (unpaired) electrons. The smallest absolute Gasteiger partial charge is 0.267 e. The molecule has 100 valence electrons. The summed E-state index contributed by atoms with van der Waals surface area (Å²) < 4.78 is 1.56. The van der Waals surface area contributed by atoms with E-state index in [1.54, 1.807) is 17.8 Å². The van der Waals surface area contributed by atoms with Crippen molar-refractivity contribution in [3.8, 4) is 0 Å². The summed E-state index contributed by atoms with van der Waals surface area (Å²) in [4.78, 5) is 16.6. The second kappa shape index (κ2) is 5.54. The quantitative estimate of drug-likeness (QED) is 0.678. The number of amides is 1. The second-order valence-electron chi connectivity index (χ2n) is 4.93. The van der Waals surface area contributed by atoms with Crippen LogP contribution < -0.4 is 5.48 Å². The molecule has 1 heterocycles. The summed E-state index contributed by atoms with van der Waals surface area (Å²) >= 11 is 6.03. The number of nitrogens with one attached hydrogen (secondary N) is 1. The van der Waals surface area contributed by atoms with E-state index in [2.05, 4.69) is 10.6 Å². The largest absolute Gasteiger partial charge is 0.268 e. The number of carbonyl (C=O) groups excluding carboxylic acids is 1. The van der Waals surface area contributed by atoms with Crippen LogP contribution in [-0.2, 0) is 16.7 Å². The van der Waals surface area contributed by atoms with Gasteiger partial charge in [0.25, 0.3) is 5.91 Å². The normalized spacial score (nSPS) is 12.1. The number of aryl methyl sites for hydroxylation is 2. The van der Waals surface area contributed by atoms with E-state index < -0.39 is 5.60 Å². The molecule has 1 amide bonds. The minimum atomic E-state index is -0.425. The predicted octanol–water partition coefficient (Wildman–Crippen LogP) is 2.24. The third-order valence-electron chi connectivity index (χ3n) is 2.06. The molecule has 5 nitrogen and oxygen atoms in total. The van der Waals surface area contributed by atoms with Crippen molar-refractivity contribution >= 4 is 23.6 Å². The Hall–Kier alpha value is -1.33. The van der Waals surface area contributed by atoms with E-state index in [1.807, 2.05) is 27.7 Å². The van der Waals surface area contributed by atoms with Crippen LogP contribution in [-0.4, -0.2) is 21.3 Å². The first-order valence-electron chi connectivity index (χ1n) is 5.56. The molecule has 0 atom stereocenters. The van der Waals surface area contributed by atoms with E-state index >= 15 is 0 Å². The van der Waals surface area contributed by atoms with Gasteiger partial charge in [-0.3, -0.25) is 14.3 Å². The second-order valence-corrected chi connectivity index (χ2v) is 5.29. The highest BCUT2D eigenvalue weighted by atomic mass is 35.5. The molecule has 1 rings (SSSR count). The van der Waals surface area contributed by atoms with Crippen molar-refractivity contribution in [2.45, 2.75) is 33.3 Å². The van der Waals surface area contributed by atoms with Gasteiger partial charge < -0.3 is 0 Å². The Morgan fingerprint density at radius 1 is 1.50 bits per heavy atom. The molecular formula is C12H18ClN3O2. The molecule has 0 fully saturated rings. The van der Waals surface area contributed by atoms with Crippen molar-refractivity contribution in [2.75, 3.05) is 0 Å². The molecular weight excluding hydrogens is 254 g/mol. The van der Waals surface area contributed by atoms with Crippen molar-refractivity contribution in [2.24, 2.45) is 7.05 Å². The molecule has 0 aromatic carbocycles. The van der Waals surface area contributed by atoms with E-state index in [0.717, 1.165) is 11.3 Å². The molecule has 1 aromatic heterocycles. The van der Waals surface area contributed by atoms with Crippen molar-refractivity contribution in [1.82, 2.24) is 15.3 Å². The third-order valence-corrected chi connectivity index (χ3v) is 2.50. The zero-order valence-corrected chi connectivity index (χ0v) is 12.0. The van der Waals surface area contributed by atoms with Gasteiger partial charge in [0.15, 0.2) is 0 Å². The minimum Gasteiger partial charge on any atom is -0.268 e. The standard InChI is InChI=1S/C12H18ClN3O2/c1-8-9(11(13)16(5)14-8)6-7-10(17)15-18-12(2,3)4/h6-7H,1-5H3,(H,15,17)/b7-6+. The summed E-state index contributed by atoms with van der Waals surface area (Å²) in [5.74, 6) is -0.343. The van der Waals surface area contributed by atoms with Gasteiger partial charge in [-0.25, -0.2) is 5.48 Å². The molecule has 1 aromatic rings. The fraction of sp³-hybridized carbons (Fsp3) is 0.500. The number of hydrogen-bond donors (Lipinski definition) is 1. The molecule has 18 heavy (non-hydrogen) atoms. The maximum atomic E-state index is 11.5. The Labute approximate surface area is 112 Å². The molecule has 0 saturated carbocycles. The van der Waals surface area contributed by atoms with Crippen LogP contribution in [0.1, 0.15) is 32.0 Å². The Morgan fingerprint density at radius 2 is 2.11 bits per heavy atom. The fourth-order valence-corrected chi connectivity index (χ4v) is 1.47. The Kier molecular flexibility index (Phi) is 4.53. The van der Waals surface area contributed by atoms with Crippen LogP contribution in [0.25, 0.3) is 6.08 Å². The predicted molar refractivity (Wildman–Crippen MR) is 71.0 cm³/mol. The fourth-order valence-electron chi connectivity index (χ4n) is 1.23. The molecule has 0 spiro atoms. The molecule has 0 aliphatic heterocycles. The number of hydroxylamine groups is 1. The van der Waals surface area contributed by atoms with Gasteiger partial charge in [0.05, 0.1) is 11.3 Å². The lowest BCUT2D eigenvalue weighted by Crippen LogP contribution is -2.32. The molecule has 0 aliphatic carbocycles. The average molecular weight is 272 g/mol. The zero-order valence-electron chi connectivity index (χ0n) is 11.2.